The Morgan fingerprint density at radius 1 is 0.811 bits per heavy atom. The highest BCUT2D eigenvalue weighted by atomic mass is 16.6. The number of pyridine rings is 1. The van der Waals surface area contributed by atoms with Crippen LogP contribution in [-0.2, 0) is 25.0 Å². The number of carbonyl (C=O) groups is 1. The third kappa shape index (κ3) is 9.29. The van der Waals surface area contributed by atoms with Gasteiger partial charge >= 0.3 is 6.09 Å². The number of hydrogen-bond acceptors (Lipinski definition) is 8. The van der Waals surface area contributed by atoms with E-state index in [9.17, 15) is 4.79 Å². The summed E-state index contributed by atoms with van der Waals surface area (Å²) in [5.41, 5.74) is 5.63. The fourth-order valence-corrected chi connectivity index (χ4v) is 7.45. The van der Waals surface area contributed by atoms with Crippen LogP contribution in [0.1, 0.15) is 57.6 Å². The van der Waals surface area contributed by atoms with Gasteiger partial charge in [0.05, 0.1) is 11.1 Å². The molecule has 278 valence electrons. The largest absolute Gasteiger partial charge is 0.473 e. The van der Waals surface area contributed by atoms with Gasteiger partial charge in [-0.15, -0.1) is 0 Å². The van der Waals surface area contributed by atoms with Gasteiger partial charge < -0.3 is 29.3 Å². The predicted octanol–water partition coefficient (Wildman–Crippen LogP) is 8.00. The van der Waals surface area contributed by atoms with Gasteiger partial charge in [0.1, 0.15) is 24.5 Å². The highest BCUT2D eigenvalue weighted by molar-refractivity contribution is 5.96. The van der Waals surface area contributed by atoms with Crippen molar-refractivity contribution in [2.24, 2.45) is 13.0 Å². The SMILES string of the molecule is Cn1nc(-c2ccc(OCc3ccccc3)nc2OCc2ccccc2)c2ccc(N3CCC(N4CCC(CNC(=O)OC(C)(C)C)CC4)CC3)cc21. The van der Waals surface area contributed by atoms with Gasteiger partial charge in [-0.1, -0.05) is 60.7 Å². The quantitative estimate of drug-likeness (QED) is 0.147. The fraction of sp³-hybridized carbons (Fsp3) is 0.419. The lowest BCUT2D eigenvalue weighted by Crippen LogP contribution is -2.48. The predicted molar refractivity (Wildman–Crippen MR) is 209 cm³/mol. The number of likely N-dealkylation sites (tertiary alicyclic amines) is 1. The van der Waals surface area contributed by atoms with Gasteiger partial charge in [0.2, 0.25) is 11.8 Å². The van der Waals surface area contributed by atoms with Crippen molar-refractivity contribution in [3.8, 4) is 23.0 Å². The van der Waals surface area contributed by atoms with Crippen molar-refractivity contribution in [2.45, 2.75) is 71.3 Å². The summed E-state index contributed by atoms with van der Waals surface area (Å²) in [6.07, 6.45) is 4.17. The minimum Gasteiger partial charge on any atom is -0.473 e. The van der Waals surface area contributed by atoms with E-state index in [0.717, 1.165) is 85.1 Å². The first kappa shape index (κ1) is 36.3. The van der Waals surface area contributed by atoms with E-state index in [2.05, 4.69) is 33.3 Å². The number of aryl methyl sites for hydroxylation is 1. The zero-order chi connectivity index (χ0) is 36.8. The molecule has 5 aromatic rings. The maximum atomic E-state index is 12.1. The van der Waals surface area contributed by atoms with Crippen LogP contribution >= 0.6 is 0 Å². The summed E-state index contributed by atoms with van der Waals surface area (Å²) in [5.74, 6) is 1.50. The first-order valence-electron chi connectivity index (χ1n) is 19.0. The molecule has 2 aromatic heterocycles. The molecule has 1 amide bonds. The first-order chi connectivity index (χ1) is 25.7. The van der Waals surface area contributed by atoms with E-state index in [-0.39, 0.29) is 6.09 Å². The summed E-state index contributed by atoms with van der Waals surface area (Å²) < 4.78 is 19.8. The number of anilines is 1. The minimum atomic E-state index is -0.471. The van der Waals surface area contributed by atoms with Crippen LogP contribution in [0.25, 0.3) is 22.2 Å². The molecule has 0 aliphatic carbocycles. The van der Waals surface area contributed by atoms with E-state index in [1.54, 1.807) is 0 Å². The second kappa shape index (κ2) is 16.3. The lowest BCUT2D eigenvalue weighted by molar-refractivity contribution is 0.0502. The van der Waals surface area contributed by atoms with Crippen LogP contribution in [0.4, 0.5) is 10.5 Å². The Bertz CT molecular complexity index is 1960. The number of nitrogens with zero attached hydrogens (tertiary/aromatic N) is 5. The number of carbonyl (C=O) groups excluding carboxylic acids is 1. The maximum absolute atomic E-state index is 12.1. The molecule has 0 spiro atoms. The number of ether oxygens (including phenoxy) is 3. The van der Waals surface area contributed by atoms with Gasteiger partial charge in [0.25, 0.3) is 0 Å². The Kier molecular flexibility index (Phi) is 11.1. The van der Waals surface area contributed by atoms with E-state index in [1.165, 1.54) is 5.69 Å². The Morgan fingerprint density at radius 3 is 2.13 bits per heavy atom. The zero-order valence-electron chi connectivity index (χ0n) is 31.5. The number of alkyl carbamates (subject to hydrolysis) is 1. The second-order valence-corrected chi connectivity index (χ2v) is 15.3. The third-order valence-corrected chi connectivity index (χ3v) is 10.3. The minimum absolute atomic E-state index is 0.318. The van der Waals surface area contributed by atoms with E-state index in [0.29, 0.717) is 43.5 Å². The summed E-state index contributed by atoms with van der Waals surface area (Å²) in [5, 5.41) is 9.03. The number of rotatable bonds is 11. The van der Waals surface area contributed by atoms with Gasteiger partial charge in [-0.25, -0.2) is 4.79 Å². The van der Waals surface area contributed by atoms with Crippen LogP contribution in [0.15, 0.2) is 91.0 Å². The highest BCUT2D eigenvalue weighted by Gasteiger charge is 2.29. The number of fused-ring (bicyclic) bond motifs is 1. The monoisotopic (exact) mass is 716 g/mol. The number of piperidine rings is 2. The van der Waals surface area contributed by atoms with E-state index in [1.807, 2.05) is 105 Å². The van der Waals surface area contributed by atoms with Gasteiger partial charge in [0, 0.05) is 49.9 Å². The normalized spacial score (nSPS) is 16.1. The van der Waals surface area contributed by atoms with E-state index in [4.69, 9.17) is 24.3 Å². The maximum Gasteiger partial charge on any atom is 0.407 e. The van der Waals surface area contributed by atoms with Crippen molar-refractivity contribution in [1.82, 2.24) is 25.0 Å². The Morgan fingerprint density at radius 2 is 1.47 bits per heavy atom. The molecule has 0 radical (unpaired) electrons. The van der Waals surface area contributed by atoms with Crippen LogP contribution in [0.2, 0.25) is 0 Å². The number of amides is 1. The van der Waals surface area contributed by atoms with Crippen LogP contribution in [0.5, 0.6) is 11.8 Å². The molecule has 10 nitrogen and oxygen atoms in total. The summed E-state index contributed by atoms with van der Waals surface area (Å²) in [6, 6.07) is 31.4. The molecule has 0 unspecified atom stereocenters. The van der Waals surface area contributed by atoms with Gasteiger partial charge in [-0.3, -0.25) is 4.68 Å². The molecule has 2 saturated heterocycles. The summed E-state index contributed by atoms with van der Waals surface area (Å²) in [7, 11) is 2.00. The lowest BCUT2D eigenvalue weighted by Gasteiger charge is -2.42. The van der Waals surface area contributed by atoms with E-state index < -0.39 is 5.60 Å². The summed E-state index contributed by atoms with van der Waals surface area (Å²) in [4.78, 5) is 22.1. The smallest absolute Gasteiger partial charge is 0.407 e. The van der Waals surface area contributed by atoms with Crippen LogP contribution in [-0.4, -0.2) is 70.1 Å². The van der Waals surface area contributed by atoms with Crippen molar-refractivity contribution in [1.29, 1.82) is 0 Å². The number of nitrogens with one attached hydrogen (secondary N) is 1. The topological polar surface area (TPSA) is 94.0 Å². The third-order valence-electron chi connectivity index (χ3n) is 10.3. The molecule has 0 atom stereocenters. The molecule has 7 rings (SSSR count). The number of aromatic nitrogens is 3. The molecule has 4 heterocycles. The van der Waals surface area contributed by atoms with Gasteiger partial charge in [-0.2, -0.15) is 10.1 Å². The van der Waals surface area contributed by atoms with Crippen LogP contribution in [0.3, 0.4) is 0 Å². The zero-order valence-corrected chi connectivity index (χ0v) is 31.5. The molecule has 0 bridgehead atoms. The average molecular weight is 717 g/mol. The molecular formula is C43H52N6O4. The summed E-state index contributed by atoms with van der Waals surface area (Å²) in [6.45, 7) is 11.4. The van der Waals surface area contributed by atoms with Crippen molar-refractivity contribution in [3.05, 3.63) is 102 Å². The Balaban J connectivity index is 1.000. The number of hydrogen-bond donors (Lipinski definition) is 1. The highest BCUT2D eigenvalue weighted by Crippen LogP contribution is 2.37. The summed E-state index contributed by atoms with van der Waals surface area (Å²) >= 11 is 0. The molecule has 1 N–H and O–H groups in total. The molecular weight excluding hydrogens is 665 g/mol. The van der Waals surface area contributed by atoms with Crippen molar-refractivity contribution in [3.63, 3.8) is 0 Å². The molecule has 0 saturated carbocycles. The van der Waals surface area contributed by atoms with Crippen LogP contribution in [0, 0.1) is 5.92 Å². The van der Waals surface area contributed by atoms with Crippen molar-refractivity contribution >= 4 is 22.7 Å². The lowest BCUT2D eigenvalue weighted by atomic mass is 9.93. The fourth-order valence-electron chi connectivity index (χ4n) is 7.45. The molecule has 53 heavy (non-hydrogen) atoms. The van der Waals surface area contributed by atoms with E-state index >= 15 is 0 Å². The van der Waals surface area contributed by atoms with Gasteiger partial charge in [-0.05, 0) is 101 Å². The van der Waals surface area contributed by atoms with Crippen molar-refractivity contribution in [2.75, 3.05) is 37.6 Å². The molecule has 2 fully saturated rings. The number of benzene rings is 3. The first-order valence-corrected chi connectivity index (χ1v) is 19.0. The standard InChI is InChI=1S/C43H52N6O4/c1-43(2,3)53-42(50)44-28-31-19-23-48(24-20-31)34-21-25-49(26-22-34)35-15-16-36-38(27-35)47(4)46-40(36)37-17-18-39(51-29-32-11-7-5-8-12-32)45-41(37)52-30-33-13-9-6-10-14-33/h5-18,27,31,34H,19-26,28-30H2,1-4H3,(H,44,50). The second-order valence-electron chi connectivity index (χ2n) is 15.3. The van der Waals surface area contributed by atoms with Crippen LogP contribution < -0.4 is 19.7 Å². The molecule has 3 aromatic carbocycles. The molecule has 2 aliphatic rings. The Labute approximate surface area is 313 Å². The molecule has 2 aliphatic heterocycles. The molecule has 10 heteroatoms. The van der Waals surface area contributed by atoms with Crippen molar-refractivity contribution < 1.29 is 19.0 Å². The average Bonchev–Trinajstić information content (AvgIpc) is 3.51. The Hall–Kier alpha value is -5.09. The van der Waals surface area contributed by atoms with Gasteiger partial charge in [0.15, 0.2) is 0 Å².